The van der Waals surface area contributed by atoms with E-state index in [1.165, 1.54) is 0 Å². The highest BCUT2D eigenvalue weighted by Gasteiger charge is 2.47. The number of hydrogen-bond acceptors (Lipinski definition) is 3. The van der Waals surface area contributed by atoms with Crippen molar-refractivity contribution in [2.75, 3.05) is 0 Å². The van der Waals surface area contributed by atoms with Gasteiger partial charge in [0.15, 0.2) is 0 Å². The van der Waals surface area contributed by atoms with Crippen LogP contribution >= 0.6 is 0 Å². The molecule has 2 heterocycles. The van der Waals surface area contributed by atoms with E-state index >= 15 is 0 Å². The van der Waals surface area contributed by atoms with Crippen LogP contribution in [0.25, 0.3) is 5.82 Å². The van der Waals surface area contributed by atoms with E-state index < -0.39 is 23.9 Å². The zero-order valence-corrected chi connectivity index (χ0v) is 13.5. The Hall–Kier alpha value is -2.38. The predicted octanol–water partition coefficient (Wildman–Crippen LogP) is 3.25. The first-order valence-electron chi connectivity index (χ1n) is 8.23. The molecule has 1 aliphatic rings. The maximum Gasteiger partial charge on any atom is 0.392 e. The predicted molar refractivity (Wildman–Crippen MR) is 84.7 cm³/mol. The van der Waals surface area contributed by atoms with E-state index in [1.54, 1.807) is 41.6 Å². The van der Waals surface area contributed by atoms with E-state index in [9.17, 15) is 18.0 Å². The van der Waals surface area contributed by atoms with Crippen LogP contribution < -0.4 is 5.32 Å². The van der Waals surface area contributed by atoms with Crippen LogP contribution in [0.3, 0.4) is 0 Å². The Morgan fingerprint density at radius 2 is 2.08 bits per heavy atom. The molecule has 2 atom stereocenters. The number of carbonyl (C=O) groups excluding carboxylic acids is 1. The number of alkyl halides is 3. The van der Waals surface area contributed by atoms with Crippen molar-refractivity contribution in [2.24, 2.45) is 11.8 Å². The number of rotatable bonds is 4. The summed E-state index contributed by atoms with van der Waals surface area (Å²) in [6, 6.07) is 3.51. The third-order valence-electron chi connectivity index (χ3n) is 4.59. The van der Waals surface area contributed by atoms with Gasteiger partial charge >= 0.3 is 6.18 Å². The van der Waals surface area contributed by atoms with Crippen molar-refractivity contribution in [3.63, 3.8) is 0 Å². The molecule has 25 heavy (non-hydrogen) atoms. The molecule has 1 aliphatic carbocycles. The maximum absolute atomic E-state index is 13.2. The zero-order chi connectivity index (χ0) is 17.9. The van der Waals surface area contributed by atoms with E-state index in [-0.39, 0.29) is 19.4 Å². The molecule has 0 spiro atoms. The summed E-state index contributed by atoms with van der Waals surface area (Å²) < 4.78 is 41.2. The first kappa shape index (κ1) is 17.4. The lowest BCUT2D eigenvalue weighted by molar-refractivity contribution is -0.198. The number of hydrogen-bond donors (Lipinski definition) is 1. The van der Waals surface area contributed by atoms with Gasteiger partial charge in [-0.05, 0) is 18.9 Å². The first-order valence-corrected chi connectivity index (χ1v) is 8.23. The second-order valence-electron chi connectivity index (χ2n) is 6.21. The largest absolute Gasteiger partial charge is 0.392 e. The van der Waals surface area contributed by atoms with Crippen LogP contribution in [-0.4, -0.2) is 26.6 Å². The number of nitrogens with zero attached hydrogens (tertiary/aromatic N) is 3. The number of nitrogens with one attached hydrogen (secondary N) is 1. The molecule has 5 nitrogen and oxygen atoms in total. The summed E-state index contributed by atoms with van der Waals surface area (Å²) in [5.74, 6) is -2.51. The minimum Gasteiger partial charge on any atom is -0.352 e. The molecular weight excluding hydrogens is 333 g/mol. The van der Waals surface area contributed by atoms with E-state index in [4.69, 9.17) is 0 Å². The lowest BCUT2D eigenvalue weighted by Gasteiger charge is -2.32. The quantitative estimate of drug-likeness (QED) is 0.919. The van der Waals surface area contributed by atoms with Crippen molar-refractivity contribution in [3.8, 4) is 5.82 Å². The topological polar surface area (TPSA) is 59.8 Å². The Labute approximate surface area is 143 Å². The van der Waals surface area contributed by atoms with Gasteiger partial charge in [0.2, 0.25) is 5.91 Å². The minimum atomic E-state index is -4.33. The van der Waals surface area contributed by atoms with Crippen molar-refractivity contribution in [3.05, 3.63) is 42.6 Å². The normalized spacial score (nSPS) is 21.1. The fourth-order valence-electron chi connectivity index (χ4n) is 3.34. The van der Waals surface area contributed by atoms with Gasteiger partial charge in [-0.25, -0.2) is 9.97 Å². The number of amides is 1. The molecule has 1 amide bonds. The smallest absolute Gasteiger partial charge is 0.352 e. The molecule has 8 heteroatoms. The second kappa shape index (κ2) is 7.25. The van der Waals surface area contributed by atoms with E-state index in [0.717, 1.165) is 0 Å². The van der Waals surface area contributed by atoms with Crippen LogP contribution in [0.15, 0.2) is 37.1 Å². The maximum atomic E-state index is 13.2. The number of carbonyl (C=O) groups is 1. The second-order valence-corrected chi connectivity index (χ2v) is 6.21. The van der Waals surface area contributed by atoms with Crippen LogP contribution in [0.5, 0.6) is 0 Å². The Bertz CT molecular complexity index is 715. The molecule has 1 fully saturated rings. The van der Waals surface area contributed by atoms with Crippen LogP contribution in [-0.2, 0) is 11.3 Å². The van der Waals surface area contributed by atoms with Gasteiger partial charge in [-0.15, -0.1) is 0 Å². The first-order chi connectivity index (χ1) is 12.0. The molecule has 0 unspecified atom stereocenters. The molecule has 0 bridgehead atoms. The van der Waals surface area contributed by atoms with Gasteiger partial charge in [-0.1, -0.05) is 18.9 Å². The van der Waals surface area contributed by atoms with Crippen molar-refractivity contribution in [1.29, 1.82) is 0 Å². The highest BCUT2D eigenvalue weighted by Crippen LogP contribution is 2.41. The van der Waals surface area contributed by atoms with E-state index in [2.05, 4.69) is 15.3 Å². The van der Waals surface area contributed by atoms with Gasteiger partial charge in [-0.2, -0.15) is 13.2 Å². The van der Waals surface area contributed by atoms with Crippen LogP contribution in [0.1, 0.15) is 31.2 Å². The Morgan fingerprint density at radius 1 is 1.28 bits per heavy atom. The molecule has 2 aromatic heterocycles. The summed E-state index contributed by atoms with van der Waals surface area (Å²) in [6.45, 7) is 0.126. The highest BCUT2D eigenvalue weighted by atomic mass is 19.4. The Balaban J connectivity index is 1.70. The summed E-state index contributed by atoms with van der Waals surface area (Å²) in [5.41, 5.74) is 0.716. The zero-order valence-electron chi connectivity index (χ0n) is 13.5. The lowest BCUT2D eigenvalue weighted by atomic mass is 9.78. The number of pyridine rings is 1. The average molecular weight is 352 g/mol. The van der Waals surface area contributed by atoms with Gasteiger partial charge in [0.05, 0.1) is 5.92 Å². The third kappa shape index (κ3) is 4.00. The van der Waals surface area contributed by atoms with Gasteiger partial charge in [-0.3, -0.25) is 9.36 Å². The molecule has 2 aromatic rings. The molecule has 134 valence electrons. The van der Waals surface area contributed by atoms with E-state index in [0.29, 0.717) is 24.2 Å². The molecule has 0 aliphatic heterocycles. The summed E-state index contributed by atoms with van der Waals surface area (Å²) >= 11 is 0. The molecule has 0 saturated heterocycles. The Kier molecular flexibility index (Phi) is 5.06. The summed E-state index contributed by atoms with van der Waals surface area (Å²) in [5, 5.41) is 2.66. The van der Waals surface area contributed by atoms with Crippen LogP contribution in [0.2, 0.25) is 0 Å². The monoisotopic (exact) mass is 352 g/mol. The SMILES string of the molecule is O=C(NCc1cccnc1-n1ccnc1)[C@@H]1CCCC[C@@H]1C(F)(F)F. The number of imidazole rings is 1. The summed E-state index contributed by atoms with van der Waals surface area (Å²) in [7, 11) is 0. The minimum absolute atomic E-state index is 0.0226. The molecule has 3 rings (SSSR count). The fraction of sp³-hybridized carbons (Fsp3) is 0.471. The molecule has 1 N–H and O–H groups in total. The molecular formula is C17H19F3N4O. The standard InChI is InChI=1S/C17H19F3N4O/c18-17(19,20)14-6-2-1-5-13(14)16(25)23-10-12-4-3-7-22-15(12)24-9-8-21-11-24/h3-4,7-9,11,13-14H,1-2,5-6,10H2,(H,23,25)/t13-,14+/m1/s1. The molecule has 1 saturated carbocycles. The summed E-state index contributed by atoms with van der Waals surface area (Å²) in [4.78, 5) is 20.6. The lowest BCUT2D eigenvalue weighted by Crippen LogP contribution is -2.42. The number of aromatic nitrogens is 3. The van der Waals surface area contributed by atoms with Gasteiger partial charge in [0.1, 0.15) is 12.1 Å². The van der Waals surface area contributed by atoms with Gasteiger partial charge < -0.3 is 5.32 Å². The third-order valence-corrected chi connectivity index (χ3v) is 4.59. The number of halogens is 3. The molecule has 0 aromatic carbocycles. The van der Waals surface area contributed by atoms with Crippen molar-refractivity contribution in [2.45, 2.75) is 38.4 Å². The van der Waals surface area contributed by atoms with Crippen molar-refractivity contribution >= 4 is 5.91 Å². The van der Waals surface area contributed by atoms with Crippen LogP contribution in [0, 0.1) is 11.8 Å². The van der Waals surface area contributed by atoms with Gasteiger partial charge in [0.25, 0.3) is 0 Å². The van der Waals surface area contributed by atoms with Crippen LogP contribution in [0.4, 0.5) is 13.2 Å². The highest BCUT2D eigenvalue weighted by molar-refractivity contribution is 5.79. The molecule has 0 radical (unpaired) electrons. The van der Waals surface area contributed by atoms with Crippen molar-refractivity contribution in [1.82, 2.24) is 19.9 Å². The Morgan fingerprint density at radius 3 is 2.80 bits per heavy atom. The average Bonchev–Trinajstić information content (AvgIpc) is 3.13. The van der Waals surface area contributed by atoms with Crippen molar-refractivity contribution < 1.29 is 18.0 Å². The fourth-order valence-corrected chi connectivity index (χ4v) is 3.34. The summed E-state index contributed by atoms with van der Waals surface area (Å²) in [6.07, 6.45) is 3.64. The van der Waals surface area contributed by atoms with E-state index in [1.807, 2.05) is 0 Å². The van der Waals surface area contributed by atoms with Gasteiger partial charge in [0, 0.05) is 36.6 Å².